The van der Waals surface area contributed by atoms with E-state index in [-0.39, 0.29) is 13.2 Å². The molecule has 0 saturated heterocycles. The minimum atomic E-state index is -0.942. The summed E-state index contributed by atoms with van der Waals surface area (Å²) in [7, 11) is 0. The fourth-order valence-corrected chi connectivity index (χ4v) is 1.27. The third-order valence-electron chi connectivity index (χ3n) is 2.03. The Labute approximate surface area is 96.0 Å². The molecule has 0 unspecified atom stereocenters. The SMILES string of the molecule is O=[N+]([O-])OCC(CO[N+](=O)[O-])c1ccccc1. The van der Waals surface area contributed by atoms with Crippen molar-refractivity contribution in [1.82, 2.24) is 0 Å². The Bertz CT molecular complexity index is 364. The quantitative estimate of drug-likeness (QED) is 0.525. The minimum absolute atomic E-state index is 0.287. The van der Waals surface area contributed by atoms with Gasteiger partial charge in [-0.15, -0.1) is 20.2 Å². The molecule has 0 radical (unpaired) electrons. The third kappa shape index (κ3) is 4.78. The number of rotatable bonds is 7. The summed E-state index contributed by atoms with van der Waals surface area (Å²) in [6.07, 6.45) is 0. The van der Waals surface area contributed by atoms with E-state index < -0.39 is 16.1 Å². The van der Waals surface area contributed by atoms with E-state index in [1.54, 1.807) is 30.3 Å². The zero-order valence-corrected chi connectivity index (χ0v) is 8.72. The van der Waals surface area contributed by atoms with Gasteiger partial charge in [0.1, 0.15) is 13.2 Å². The maximum absolute atomic E-state index is 10.1. The average Bonchev–Trinajstić information content (AvgIpc) is 2.29. The molecule has 0 fully saturated rings. The molecule has 0 aliphatic rings. The number of nitrogens with zero attached hydrogens (tertiary/aromatic N) is 2. The Kier molecular flexibility index (Phi) is 4.67. The van der Waals surface area contributed by atoms with Crippen molar-refractivity contribution in [2.75, 3.05) is 13.2 Å². The van der Waals surface area contributed by atoms with E-state index in [0.29, 0.717) is 5.56 Å². The molecule has 1 aromatic carbocycles. The molecule has 8 nitrogen and oxygen atoms in total. The molecule has 0 saturated carbocycles. The summed E-state index contributed by atoms with van der Waals surface area (Å²) in [6, 6.07) is 8.60. The molecule has 92 valence electrons. The fraction of sp³-hybridized carbons (Fsp3) is 0.333. The van der Waals surface area contributed by atoms with Gasteiger partial charge >= 0.3 is 0 Å². The summed E-state index contributed by atoms with van der Waals surface area (Å²) in [5.41, 5.74) is 0.677. The Balaban J connectivity index is 2.64. The molecule has 0 bridgehead atoms. The molecule has 1 rings (SSSR count). The van der Waals surface area contributed by atoms with Crippen molar-refractivity contribution < 1.29 is 19.8 Å². The summed E-state index contributed by atoms with van der Waals surface area (Å²) >= 11 is 0. The highest BCUT2D eigenvalue weighted by Crippen LogP contribution is 2.16. The maximum atomic E-state index is 10.1. The molecule has 17 heavy (non-hydrogen) atoms. The van der Waals surface area contributed by atoms with E-state index >= 15 is 0 Å². The highest BCUT2D eigenvalue weighted by molar-refractivity contribution is 5.19. The predicted molar refractivity (Wildman–Crippen MR) is 55.1 cm³/mol. The molecule has 0 atom stereocenters. The fourth-order valence-electron chi connectivity index (χ4n) is 1.27. The van der Waals surface area contributed by atoms with Crippen LogP contribution >= 0.6 is 0 Å². The van der Waals surface area contributed by atoms with Crippen LogP contribution in [0, 0.1) is 20.2 Å². The summed E-state index contributed by atoms with van der Waals surface area (Å²) < 4.78 is 0. The van der Waals surface area contributed by atoms with Crippen LogP contribution in [-0.4, -0.2) is 23.4 Å². The van der Waals surface area contributed by atoms with Crippen molar-refractivity contribution in [1.29, 1.82) is 0 Å². The zero-order chi connectivity index (χ0) is 12.7. The van der Waals surface area contributed by atoms with Gasteiger partial charge in [0, 0.05) is 5.92 Å². The van der Waals surface area contributed by atoms with Crippen LogP contribution in [0.3, 0.4) is 0 Å². The van der Waals surface area contributed by atoms with Crippen LogP contribution < -0.4 is 0 Å². The van der Waals surface area contributed by atoms with Crippen LogP contribution in [-0.2, 0) is 9.68 Å². The van der Waals surface area contributed by atoms with Gasteiger partial charge in [0.05, 0.1) is 0 Å². The molecular formula is C9H10N2O6. The molecule has 0 amide bonds. The summed E-state index contributed by atoms with van der Waals surface area (Å²) in [6.45, 7) is -0.574. The Morgan fingerprint density at radius 1 is 1.00 bits per heavy atom. The summed E-state index contributed by atoms with van der Waals surface area (Å²) in [5, 5.41) is 18.3. The number of hydrogen-bond donors (Lipinski definition) is 0. The average molecular weight is 242 g/mol. The van der Waals surface area contributed by atoms with Gasteiger partial charge in [0.15, 0.2) is 0 Å². The molecule has 0 aliphatic carbocycles. The highest BCUT2D eigenvalue weighted by Gasteiger charge is 2.15. The molecule has 0 heterocycles. The third-order valence-corrected chi connectivity index (χ3v) is 2.03. The minimum Gasteiger partial charge on any atom is -0.313 e. The van der Waals surface area contributed by atoms with Gasteiger partial charge in [-0.05, 0) is 5.56 Å². The van der Waals surface area contributed by atoms with E-state index in [0.717, 1.165) is 0 Å². The Morgan fingerprint density at radius 3 is 1.88 bits per heavy atom. The van der Waals surface area contributed by atoms with Gasteiger partial charge in [-0.2, -0.15) is 0 Å². The van der Waals surface area contributed by atoms with Crippen molar-refractivity contribution in [3.05, 3.63) is 56.1 Å². The topological polar surface area (TPSA) is 105 Å². The zero-order valence-electron chi connectivity index (χ0n) is 8.72. The molecular weight excluding hydrogens is 232 g/mol. The molecule has 0 aliphatic heterocycles. The molecule has 0 N–H and O–H groups in total. The Hall–Kier alpha value is -2.38. The van der Waals surface area contributed by atoms with Gasteiger partial charge in [-0.3, -0.25) is 0 Å². The summed E-state index contributed by atoms with van der Waals surface area (Å²) in [5.74, 6) is -0.563. The van der Waals surface area contributed by atoms with Crippen LogP contribution in [0.1, 0.15) is 11.5 Å². The van der Waals surface area contributed by atoms with E-state index in [4.69, 9.17) is 0 Å². The van der Waals surface area contributed by atoms with E-state index in [1.165, 1.54) is 0 Å². The first-order valence-electron chi connectivity index (χ1n) is 4.69. The smallest absolute Gasteiger partial charge is 0.294 e. The number of hydrogen-bond acceptors (Lipinski definition) is 6. The lowest BCUT2D eigenvalue weighted by Gasteiger charge is -2.14. The van der Waals surface area contributed by atoms with Crippen molar-refractivity contribution >= 4 is 0 Å². The standard InChI is InChI=1S/C9H10N2O6/c12-10(13)16-6-9(7-17-11(14)15)8-4-2-1-3-5-8/h1-5,9H,6-7H2. The molecule has 0 aromatic heterocycles. The van der Waals surface area contributed by atoms with Gasteiger partial charge in [0.25, 0.3) is 10.2 Å². The second-order valence-electron chi connectivity index (χ2n) is 3.15. The monoisotopic (exact) mass is 242 g/mol. The largest absolute Gasteiger partial charge is 0.313 e. The Morgan fingerprint density at radius 2 is 1.47 bits per heavy atom. The maximum Gasteiger partial charge on any atom is 0.294 e. The van der Waals surface area contributed by atoms with Crippen molar-refractivity contribution in [2.45, 2.75) is 5.92 Å². The van der Waals surface area contributed by atoms with Gasteiger partial charge in [0.2, 0.25) is 0 Å². The first-order chi connectivity index (χ1) is 8.09. The second kappa shape index (κ2) is 6.26. The summed E-state index contributed by atoms with van der Waals surface area (Å²) in [4.78, 5) is 28.6. The van der Waals surface area contributed by atoms with Crippen LogP contribution in [0.5, 0.6) is 0 Å². The van der Waals surface area contributed by atoms with Gasteiger partial charge in [-0.25, -0.2) is 0 Å². The van der Waals surface area contributed by atoms with Gasteiger partial charge in [-0.1, -0.05) is 30.3 Å². The number of benzene rings is 1. The van der Waals surface area contributed by atoms with Crippen molar-refractivity contribution in [3.8, 4) is 0 Å². The predicted octanol–water partition coefficient (Wildman–Crippen LogP) is 1.19. The highest BCUT2D eigenvalue weighted by atomic mass is 17.0. The van der Waals surface area contributed by atoms with E-state index in [2.05, 4.69) is 9.68 Å². The van der Waals surface area contributed by atoms with E-state index in [1.807, 2.05) is 0 Å². The lowest BCUT2D eigenvalue weighted by Crippen LogP contribution is -2.18. The lowest BCUT2D eigenvalue weighted by molar-refractivity contribution is -0.767. The first kappa shape index (κ1) is 12.7. The van der Waals surface area contributed by atoms with Crippen molar-refractivity contribution in [3.63, 3.8) is 0 Å². The second-order valence-corrected chi connectivity index (χ2v) is 3.15. The van der Waals surface area contributed by atoms with Crippen LogP contribution in [0.2, 0.25) is 0 Å². The molecule has 0 spiro atoms. The van der Waals surface area contributed by atoms with Crippen LogP contribution in [0.25, 0.3) is 0 Å². The van der Waals surface area contributed by atoms with Crippen LogP contribution in [0.15, 0.2) is 30.3 Å². The van der Waals surface area contributed by atoms with Gasteiger partial charge < -0.3 is 9.68 Å². The lowest BCUT2D eigenvalue weighted by atomic mass is 10.0. The molecule has 1 aromatic rings. The first-order valence-corrected chi connectivity index (χ1v) is 4.69. The van der Waals surface area contributed by atoms with Crippen LogP contribution in [0.4, 0.5) is 0 Å². The van der Waals surface area contributed by atoms with E-state index in [9.17, 15) is 20.2 Å². The van der Waals surface area contributed by atoms with Crippen molar-refractivity contribution in [2.24, 2.45) is 0 Å². The normalized spacial score (nSPS) is 9.94. The molecule has 8 heteroatoms.